The molecule has 0 bridgehead atoms. The lowest BCUT2D eigenvalue weighted by Gasteiger charge is -2.44. The van der Waals surface area contributed by atoms with Gasteiger partial charge in [0.1, 0.15) is 0 Å². The highest BCUT2D eigenvalue weighted by molar-refractivity contribution is 5.76. The lowest BCUT2D eigenvalue weighted by atomic mass is 9.60. The maximum Gasteiger partial charge on any atom is 0.335 e. The van der Waals surface area contributed by atoms with Crippen molar-refractivity contribution in [3.8, 4) is 0 Å². The molecule has 3 saturated carbocycles. The zero-order valence-electron chi connectivity index (χ0n) is 19.7. The van der Waals surface area contributed by atoms with E-state index in [0.29, 0.717) is 29.6 Å². The second kappa shape index (κ2) is 9.62. The van der Waals surface area contributed by atoms with Gasteiger partial charge in [-0.1, -0.05) is 44.6 Å². The summed E-state index contributed by atoms with van der Waals surface area (Å²) in [6.45, 7) is 10.3. The van der Waals surface area contributed by atoms with Gasteiger partial charge >= 0.3 is 5.97 Å². The van der Waals surface area contributed by atoms with E-state index in [0.717, 1.165) is 37.7 Å². The molecule has 0 aromatic heterocycles. The molecule has 31 heavy (non-hydrogen) atoms. The third kappa shape index (κ3) is 5.17. The minimum absolute atomic E-state index is 0.306. The van der Waals surface area contributed by atoms with E-state index in [4.69, 9.17) is 5.11 Å². The number of carbonyl (C=O) groups is 1. The van der Waals surface area contributed by atoms with Gasteiger partial charge in [0, 0.05) is 0 Å². The molecular formula is C27H42O4. The Kier molecular flexibility index (Phi) is 7.53. The van der Waals surface area contributed by atoms with Crippen LogP contribution in [0.5, 0.6) is 0 Å². The predicted octanol–water partition coefficient (Wildman–Crippen LogP) is 5.80. The molecule has 3 fully saturated rings. The second-order valence-electron chi connectivity index (χ2n) is 10.9. The van der Waals surface area contributed by atoms with E-state index in [2.05, 4.69) is 32.6 Å². The Balaban J connectivity index is 1.66. The fourth-order valence-electron chi connectivity index (χ4n) is 6.72. The number of aliphatic carboxylic acids is 1. The number of hydrogen-bond acceptors (Lipinski definition) is 3. The van der Waals surface area contributed by atoms with E-state index in [1.807, 2.05) is 0 Å². The Bertz CT molecular complexity index is 746. The minimum atomic E-state index is -1.62. The first-order valence-electron chi connectivity index (χ1n) is 12.3. The van der Waals surface area contributed by atoms with E-state index in [1.54, 1.807) is 5.57 Å². The summed E-state index contributed by atoms with van der Waals surface area (Å²) in [6.07, 6.45) is 15.2. The number of aliphatic hydroxyl groups excluding tert-OH is 1. The summed E-state index contributed by atoms with van der Waals surface area (Å²) in [4.78, 5) is 11.2. The topological polar surface area (TPSA) is 77.8 Å². The molecule has 4 nitrogen and oxygen atoms in total. The quantitative estimate of drug-likeness (QED) is 0.477. The number of aliphatic hydroxyl groups is 2. The van der Waals surface area contributed by atoms with Gasteiger partial charge in [0.05, 0.1) is 6.10 Å². The average molecular weight is 431 g/mol. The van der Waals surface area contributed by atoms with Crippen molar-refractivity contribution in [1.82, 2.24) is 0 Å². The van der Waals surface area contributed by atoms with Crippen LogP contribution in [-0.2, 0) is 4.79 Å². The molecule has 0 aliphatic heterocycles. The van der Waals surface area contributed by atoms with Crippen molar-refractivity contribution < 1.29 is 20.1 Å². The van der Waals surface area contributed by atoms with Crippen molar-refractivity contribution in [2.45, 2.75) is 103 Å². The van der Waals surface area contributed by atoms with Crippen LogP contribution in [-0.4, -0.2) is 33.0 Å². The van der Waals surface area contributed by atoms with E-state index in [9.17, 15) is 15.0 Å². The van der Waals surface area contributed by atoms with Gasteiger partial charge in [-0.3, -0.25) is 0 Å². The third-order valence-corrected chi connectivity index (χ3v) is 8.75. The molecule has 0 saturated heterocycles. The van der Waals surface area contributed by atoms with Crippen LogP contribution in [0.25, 0.3) is 0 Å². The van der Waals surface area contributed by atoms with Crippen molar-refractivity contribution in [3.05, 3.63) is 35.5 Å². The molecule has 0 amide bonds. The highest BCUT2D eigenvalue weighted by Crippen LogP contribution is 2.60. The fraction of sp³-hybridized carbons (Fsp3) is 0.741. The maximum absolute atomic E-state index is 11.2. The summed E-state index contributed by atoms with van der Waals surface area (Å²) >= 11 is 0. The Labute approximate surface area is 188 Å². The highest BCUT2D eigenvalue weighted by Gasteiger charge is 2.50. The van der Waals surface area contributed by atoms with Crippen LogP contribution in [0.1, 0.15) is 91.4 Å². The smallest absolute Gasteiger partial charge is 0.335 e. The van der Waals surface area contributed by atoms with Crippen LogP contribution >= 0.6 is 0 Å². The Morgan fingerprint density at radius 3 is 2.71 bits per heavy atom. The van der Waals surface area contributed by atoms with E-state index < -0.39 is 11.6 Å². The first-order valence-corrected chi connectivity index (χ1v) is 12.3. The lowest BCUT2D eigenvalue weighted by molar-refractivity contribution is -0.157. The summed E-state index contributed by atoms with van der Waals surface area (Å²) in [5, 5.41) is 29.3. The van der Waals surface area contributed by atoms with Gasteiger partial charge in [0.2, 0.25) is 0 Å². The van der Waals surface area contributed by atoms with Crippen molar-refractivity contribution in [1.29, 1.82) is 0 Å². The van der Waals surface area contributed by atoms with Crippen LogP contribution in [0, 0.1) is 23.2 Å². The molecule has 0 heterocycles. The standard InChI is InChI=1S/C27H42O4/c1-18(8-6-17-27(4,31)25(29)30)22-14-15-23-21(10-7-16-26(22,23)3)13-12-20-9-5-11-24(28)19(20)2/h12-13,18,22-24,28,31H,2,5-11,14-17H2,1,3-4H3,(H,29,30)/b20-12-,21-13+/t18-,22?,23+,24?,26?,27?/m1/s1. The summed E-state index contributed by atoms with van der Waals surface area (Å²) in [6, 6.07) is 0. The summed E-state index contributed by atoms with van der Waals surface area (Å²) in [5.41, 5.74) is 2.37. The molecule has 0 radical (unpaired) electrons. The Morgan fingerprint density at radius 2 is 2.00 bits per heavy atom. The Hall–Kier alpha value is -1.39. The molecule has 4 unspecified atom stereocenters. The number of rotatable bonds is 7. The van der Waals surface area contributed by atoms with Crippen molar-refractivity contribution >= 4 is 5.97 Å². The first kappa shape index (κ1) is 24.3. The predicted molar refractivity (Wildman–Crippen MR) is 125 cm³/mol. The SMILES string of the molecule is C=C1/C(=C\C=C2/CCCC3(C)C([C@H](C)CCCC(C)(O)C(=O)O)CC[C@@H]23)CCCC1O. The molecule has 0 aromatic rings. The van der Waals surface area contributed by atoms with Gasteiger partial charge in [0.25, 0.3) is 0 Å². The minimum Gasteiger partial charge on any atom is -0.479 e. The van der Waals surface area contributed by atoms with Crippen molar-refractivity contribution in [2.75, 3.05) is 0 Å². The van der Waals surface area contributed by atoms with Gasteiger partial charge in [-0.05, 0) is 105 Å². The highest BCUT2D eigenvalue weighted by atomic mass is 16.4. The number of allylic oxidation sites excluding steroid dienone is 3. The molecule has 3 N–H and O–H groups in total. The van der Waals surface area contributed by atoms with Gasteiger partial charge < -0.3 is 15.3 Å². The zero-order valence-corrected chi connectivity index (χ0v) is 19.7. The molecule has 3 aliphatic carbocycles. The normalized spacial score (nSPS) is 36.9. The Morgan fingerprint density at radius 1 is 1.26 bits per heavy atom. The van der Waals surface area contributed by atoms with Gasteiger partial charge in [-0.2, -0.15) is 0 Å². The maximum atomic E-state index is 11.2. The van der Waals surface area contributed by atoms with Gasteiger partial charge in [-0.15, -0.1) is 0 Å². The summed E-state index contributed by atoms with van der Waals surface area (Å²) in [7, 11) is 0. The van der Waals surface area contributed by atoms with E-state index in [1.165, 1.54) is 44.6 Å². The largest absolute Gasteiger partial charge is 0.479 e. The van der Waals surface area contributed by atoms with Crippen LogP contribution < -0.4 is 0 Å². The number of carboxylic acids is 1. The first-order chi connectivity index (χ1) is 14.6. The number of hydrogen-bond donors (Lipinski definition) is 3. The average Bonchev–Trinajstić information content (AvgIpc) is 3.06. The zero-order chi connectivity index (χ0) is 22.8. The summed E-state index contributed by atoms with van der Waals surface area (Å²) < 4.78 is 0. The van der Waals surface area contributed by atoms with E-state index >= 15 is 0 Å². The molecular weight excluding hydrogens is 388 g/mol. The lowest BCUT2D eigenvalue weighted by Crippen LogP contribution is -2.37. The van der Waals surface area contributed by atoms with Gasteiger partial charge in [-0.25, -0.2) is 4.79 Å². The molecule has 6 atom stereocenters. The number of fused-ring (bicyclic) bond motifs is 1. The fourth-order valence-corrected chi connectivity index (χ4v) is 6.72. The molecule has 4 heteroatoms. The van der Waals surface area contributed by atoms with Crippen LogP contribution in [0.4, 0.5) is 0 Å². The molecule has 3 rings (SSSR count). The molecule has 174 valence electrons. The van der Waals surface area contributed by atoms with Crippen molar-refractivity contribution in [3.63, 3.8) is 0 Å². The van der Waals surface area contributed by atoms with Crippen molar-refractivity contribution in [2.24, 2.45) is 23.2 Å². The monoisotopic (exact) mass is 430 g/mol. The van der Waals surface area contributed by atoms with Crippen LogP contribution in [0.15, 0.2) is 35.5 Å². The molecule has 0 aromatic carbocycles. The molecule has 0 spiro atoms. The molecule has 3 aliphatic rings. The van der Waals surface area contributed by atoms with E-state index in [-0.39, 0.29) is 6.10 Å². The van der Waals surface area contributed by atoms with Gasteiger partial charge in [0.15, 0.2) is 5.60 Å². The van der Waals surface area contributed by atoms with Crippen LogP contribution in [0.2, 0.25) is 0 Å². The summed E-state index contributed by atoms with van der Waals surface area (Å²) in [5.74, 6) is 0.674. The second-order valence-corrected chi connectivity index (χ2v) is 10.9. The number of carboxylic acid groups (broad SMARTS) is 1. The van der Waals surface area contributed by atoms with Crippen LogP contribution in [0.3, 0.4) is 0 Å². The third-order valence-electron chi connectivity index (χ3n) is 8.75.